The number of rotatable bonds is 12. The molecule has 0 aromatic heterocycles. The predicted molar refractivity (Wildman–Crippen MR) is 198 cm³/mol. The molecule has 0 atom stereocenters. The largest absolute Gasteiger partial charge is 0.517 e. The molecule has 0 aliphatic rings. The van der Waals surface area contributed by atoms with Crippen molar-refractivity contribution in [3.8, 4) is 0 Å². The van der Waals surface area contributed by atoms with Gasteiger partial charge in [0.25, 0.3) is 5.92 Å². The highest BCUT2D eigenvalue weighted by atomic mass is 32.3. The molecule has 0 bridgehead atoms. The van der Waals surface area contributed by atoms with Gasteiger partial charge in [0, 0.05) is 0 Å². The van der Waals surface area contributed by atoms with E-state index in [1.54, 1.807) is 0 Å². The van der Waals surface area contributed by atoms with Crippen molar-refractivity contribution < 1.29 is 18.0 Å². The van der Waals surface area contributed by atoms with Crippen LogP contribution in [0.4, 0.5) is 0 Å². The van der Waals surface area contributed by atoms with E-state index >= 15 is 0 Å². The van der Waals surface area contributed by atoms with E-state index in [0.29, 0.717) is 12.8 Å². The summed E-state index contributed by atoms with van der Waals surface area (Å²) >= 11 is 0. The molecule has 6 aromatic carbocycles. The molecule has 0 aliphatic carbocycles. The standard InChI is InChI=1S/C42H38O4S2/c1-2-21-40(41(43)45-47(34-22-9-3-10-23-34,35-24-11-4-12-25-35)36-26-13-5-14-27-36)42(44)46-48(37-28-15-6-16-29-37,38-30-17-7-18-31-38)39-32-19-8-20-33-39/h3-20,22-33,40H,2,21H2,1H3/p+2. The molecule has 4 nitrogen and oxygen atoms in total. The second-order valence-corrected chi connectivity index (χ2v) is 16.6. The minimum atomic E-state index is -2.49. The highest BCUT2D eigenvalue weighted by Crippen LogP contribution is 2.71. The van der Waals surface area contributed by atoms with E-state index in [1.807, 2.05) is 189 Å². The first-order chi connectivity index (χ1) is 23.6. The second-order valence-electron chi connectivity index (χ2n) is 11.2. The molecule has 0 fully saturated rings. The number of carbonyl (C=O) groups excluding carboxylic acids is 2. The molecule has 6 heteroatoms. The highest BCUT2D eigenvalue weighted by molar-refractivity contribution is 8.30. The van der Waals surface area contributed by atoms with Crippen molar-refractivity contribution in [3.05, 3.63) is 182 Å². The highest BCUT2D eigenvalue weighted by Gasteiger charge is 2.53. The van der Waals surface area contributed by atoms with E-state index in [1.165, 1.54) is 0 Å². The first kappa shape index (κ1) is 32.9. The summed E-state index contributed by atoms with van der Waals surface area (Å²) in [5, 5.41) is 0. The average molecular weight is 673 g/mol. The van der Waals surface area contributed by atoms with Crippen LogP contribution in [-0.2, 0) is 8.37 Å². The van der Waals surface area contributed by atoms with Gasteiger partial charge in [0.05, 0.1) is 50.0 Å². The van der Waals surface area contributed by atoms with Crippen molar-refractivity contribution in [2.45, 2.75) is 49.1 Å². The van der Waals surface area contributed by atoms with Gasteiger partial charge < -0.3 is 9.59 Å². The molecule has 0 spiro atoms. The molecule has 0 amide bonds. The quantitative estimate of drug-likeness (QED) is 0.0959. The molecule has 0 radical (unpaired) electrons. The summed E-state index contributed by atoms with van der Waals surface area (Å²) < 4.78 is 13.9. The van der Waals surface area contributed by atoms with Gasteiger partial charge in [0.1, 0.15) is 0 Å². The Hall–Kier alpha value is -5.04. The van der Waals surface area contributed by atoms with Gasteiger partial charge >= 0.3 is 11.9 Å². The Kier molecular flexibility index (Phi) is 10.4. The van der Waals surface area contributed by atoms with Crippen molar-refractivity contribution in [1.82, 2.24) is 0 Å². The van der Waals surface area contributed by atoms with Crippen LogP contribution in [-0.4, -0.2) is 21.5 Å². The van der Waals surface area contributed by atoms with E-state index in [9.17, 15) is 9.59 Å². The lowest BCUT2D eigenvalue weighted by Crippen LogP contribution is -2.31. The lowest BCUT2D eigenvalue weighted by atomic mass is 10.1. The summed E-state index contributed by atoms with van der Waals surface area (Å²) in [6.45, 7) is 2.02. The maximum Gasteiger partial charge on any atom is 0.517 e. The average Bonchev–Trinajstić information content (AvgIpc) is 3.17. The zero-order valence-electron chi connectivity index (χ0n) is 26.8. The lowest BCUT2D eigenvalue weighted by molar-refractivity contribution is 0.399. The minimum absolute atomic E-state index is 0.289. The lowest BCUT2D eigenvalue weighted by Gasteiger charge is -2.34. The van der Waals surface area contributed by atoms with Crippen LogP contribution in [0.25, 0.3) is 0 Å². The predicted octanol–water partition coefficient (Wildman–Crippen LogP) is 11.2. The molecule has 48 heavy (non-hydrogen) atoms. The molecular formula is C42H40O4S2+2. The second kappa shape index (κ2) is 15.2. The maximum atomic E-state index is 12.2. The Morgan fingerprint density at radius 1 is 0.417 bits per heavy atom. The fourth-order valence-corrected chi connectivity index (χ4v) is 12.0. The van der Waals surface area contributed by atoms with Gasteiger partial charge in [-0.25, -0.2) is 0 Å². The van der Waals surface area contributed by atoms with Gasteiger partial charge in [-0.3, -0.25) is 8.37 Å². The van der Waals surface area contributed by atoms with Crippen LogP contribution in [0.5, 0.6) is 0 Å². The van der Waals surface area contributed by atoms with E-state index in [0.717, 1.165) is 29.4 Å². The number of benzene rings is 6. The Morgan fingerprint density at radius 3 is 0.812 bits per heavy atom. The van der Waals surface area contributed by atoms with Crippen LogP contribution >= 0.6 is 20.6 Å². The van der Waals surface area contributed by atoms with Crippen molar-refractivity contribution in [3.63, 3.8) is 0 Å². The van der Waals surface area contributed by atoms with Crippen LogP contribution in [0.3, 0.4) is 0 Å². The fourth-order valence-electron chi connectivity index (χ4n) is 5.79. The van der Waals surface area contributed by atoms with E-state index in [-0.39, 0.29) is 11.9 Å². The summed E-state index contributed by atoms with van der Waals surface area (Å²) in [5.41, 5.74) is 0. The Morgan fingerprint density at radius 2 is 0.625 bits per heavy atom. The van der Waals surface area contributed by atoms with Crippen molar-refractivity contribution in [1.29, 1.82) is 0 Å². The topological polar surface area (TPSA) is 61.3 Å². The number of hydrogen-bond acceptors (Lipinski definition) is 2. The van der Waals surface area contributed by atoms with Crippen LogP contribution in [0.2, 0.25) is 0 Å². The molecule has 0 heterocycles. The van der Waals surface area contributed by atoms with Gasteiger partial charge in [0.2, 0.25) is 0 Å². The van der Waals surface area contributed by atoms with E-state index in [4.69, 9.17) is 8.37 Å². The van der Waals surface area contributed by atoms with E-state index < -0.39 is 26.5 Å². The van der Waals surface area contributed by atoms with Crippen molar-refractivity contribution >= 4 is 32.6 Å². The normalized spacial score (nSPS) is 12.8. The molecule has 242 valence electrons. The summed E-state index contributed by atoms with van der Waals surface area (Å²) in [6.07, 6.45) is 1.07. The first-order valence-corrected chi connectivity index (χ1v) is 19.2. The Bertz CT molecular complexity index is 1570. The molecule has 2 N–H and O–H groups in total. The number of hydrogen-bond donors (Lipinski definition) is 0. The summed E-state index contributed by atoms with van der Waals surface area (Å²) in [5.74, 6) is -1.51. The SMILES string of the molecule is CCCC(C(=[OH+])OS(c1ccccc1)(c1ccccc1)c1ccccc1)C(=[OH+])OS(c1ccccc1)(c1ccccc1)c1ccccc1. The zero-order valence-corrected chi connectivity index (χ0v) is 28.5. The van der Waals surface area contributed by atoms with E-state index in [2.05, 4.69) is 0 Å². The van der Waals surface area contributed by atoms with Crippen molar-refractivity contribution in [2.24, 2.45) is 5.92 Å². The first-order valence-electron chi connectivity index (χ1n) is 16.1. The van der Waals surface area contributed by atoms with Gasteiger partial charge in [-0.1, -0.05) is 123 Å². The summed E-state index contributed by atoms with van der Waals surface area (Å²) in [6, 6.07) is 60.0. The van der Waals surface area contributed by atoms with Crippen LogP contribution in [0, 0.1) is 5.92 Å². The van der Waals surface area contributed by atoms with Gasteiger partial charge in [-0.2, -0.15) is 0 Å². The molecule has 6 rings (SSSR count). The Labute approximate surface area is 286 Å². The molecular weight excluding hydrogens is 633 g/mol. The molecule has 0 aliphatic heterocycles. The third kappa shape index (κ3) is 6.55. The van der Waals surface area contributed by atoms with Gasteiger partial charge in [-0.15, -0.1) is 0 Å². The van der Waals surface area contributed by atoms with Gasteiger partial charge in [0.15, 0.2) is 0 Å². The van der Waals surface area contributed by atoms with Crippen molar-refractivity contribution in [2.75, 3.05) is 0 Å². The van der Waals surface area contributed by atoms with Crippen LogP contribution in [0.1, 0.15) is 19.8 Å². The summed E-state index contributed by atoms with van der Waals surface area (Å²) in [4.78, 5) is 29.9. The maximum absolute atomic E-state index is 12.2. The third-order valence-corrected chi connectivity index (χ3v) is 14.5. The van der Waals surface area contributed by atoms with Crippen LogP contribution in [0.15, 0.2) is 211 Å². The summed E-state index contributed by atoms with van der Waals surface area (Å²) in [7, 11) is -4.98. The Balaban J connectivity index is 1.47. The smallest absolute Gasteiger partial charge is 0.337 e. The third-order valence-electron chi connectivity index (χ3n) is 8.05. The molecule has 0 saturated carbocycles. The minimum Gasteiger partial charge on any atom is -0.337 e. The fraction of sp³-hybridized carbons (Fsp3) is 0.0952. The monoisotopic (exact) mass is 672 g/mol. The molecule has 0 saturated heterocycles. The molecule has 0 unspecified atom stereocenters. The zero-order chi connectivity index (χ0) is 33.2. The molecule has 6 aromatic rings. The van der Waals surface area contributed by atoms with Crippen LogP contribution < -0.4 is 0 Å². The van der Waals surface area contributed by atoms with Gasteiger partial charge in [-0.05, 0) is 79.2 Å².